The van der Waals surface area contributed by atoms with E-state index in [0.717, 1.165) is 49.8 Å². The number of aryl methyl sites for hydroxylation is 2. The first-order chi connectivity index (χ1) is 8.10. The molecular weight excluding hydrogens is 214 g/mol. The Morgan fingerprint density at radius 2 is 2.24 bits per heavy atom. The minimum absolute atomic E-state index is 0.365. The van der Waals surface area contributed by atoms with Crippen LogP contribution in [0, 0.1) is 19.8 Å². The van der Waals surface area contributed by atoms with E-state index >= 15 is 0 Å². The van der Waals surface area contributed by atoms with Crippen LogP contribution in [0.5, 0.6) is 0 Å². The molecule has 2 unspecified atom stereocenters. The number of nitrogens with two attached hydrogens (primary N) is 1. The maximum absolute atomic E-state index is 6.11. The Kier molecular flexibility index (Phi) is 3.84. The Morgan fingerprint density at radius 1 is 1.47 bits per heavy atom. The summed E-state index contributed by atoms with van der Waals surface area (Å²) in [5, 5.41) is 0. The lowest BCUT2D eigenvalue weighted by Gasteiger charge is -2.35. The van der Waals surface area contributed by atoms with Crippen molar-refractivity contribution in [2.45, 2.75) is 46.2 Å². The molecule has 0 aromatic carbocycles. The number of oxazole rings is 1. The van der Waals surface area contributed by atoms with E-state index in [9.17, 15) is 0 Å². The van der Waals surface area contributed by atoms with Crippen LogP contribution in [0.2, 0.25) is 0 Å². The zero-order chi connectivity index (χ0) is 12.4. The van der Waals surface area contributed by atoms with Gasteiger partial charge in [0.25, 0.3) is 0 Å². The van der Waals surface area contributed by atoms with Crippen LogP contribution in [0.15, 0.2) is 4.42 Å². The van der Waals surface area contributed by atoms with E-state index in [-0.39, 0.29) is 0 Å². The first kappa shape index (κ1) is 12.6. The lowest BCUT2D eigenvalue weighted by atomic mass is 9.91. The van der Waals surface area contributed by atoms with Crippen LogP contribution in [0.1, 0.15) is 37.1 Å². The van der Waals surface area contributed by atoms with Crippen LogP contribution >= 0.6 is 0 Å². The second-order valence-electron chi connectivity index (χ2n) is 5.11. The Morgan fingerprint density at radius 3 is 2.82 bits per heavy atom. The third kappa shape index (κ3) is 2.87. The first-order valence-electron chi connectivity index (χ1n) is 6.51. The molecule has 0 spiro atoms. The molecule has 1 fully saturated rings. The summed E-state index contributed by atoms with van der Waals surface area (Å²) in [4.78, 5) is 6.84. The highest BCUT2D eigenvalue weighted by molar-refractivity contribution is 5.05. The van der Waals surface area contributed by atoms with Gasteiger partial charge in [0.05, 0.1) is 12.2 Å². The number of likely N-dealkylation sites (tertiary alicyclic amines) is 1. The number of nitrogens with zero attached hydrogens (tertiary/aromatic N) is 2. The van der Waals surface area contributed by atoms with E-state index in [1.54, 1.807) is 0 Å². The second-order valence-corrected chi connectivity index (χ2v) is 5.11. The van der Waals surface area contributed by atoms with Gasteiger partial charge < -0.3 is 10.2 Å². The summed E-state index contributed by atoms with van der Waals surface area (Å²) in [6.07, 6.45) is 2.23. The van der Waals surface area contributed by atoms with Gasteiger partial charge in [0, 0.05) is 19.1 Å². The van der Waals surface area contributed by atoms with E-state index in [4.69, 9.17) is 10.2 Å². The molecule has 4 nitrogen and oxygen atoms in total. The molecule has 1 aromatic heterocycles. The minimum Gasteiger partial charge on any atom is -0.444 e. The highest BCUT2D eigenvalue weighted by Gasteiger charge is 2.26. The van der Waals surface area contributed by atoms with Crippen molar-refractivity contribution in [3.63, 3.8) is 0 Å². The fraction of sp³-hybridized carbons (Fsp3) is 0.769. The van der Waals surface area contributed by atoms with Crippen LogP contribution in [-0.2, 0) is 6.54 Å². The van der Waals surface area contributed by atoms with E-state index in [1.165, 1.54) is 0 Å². The van der Waals surface area contributed by atoms with Crippen LogP contribution in [0.25, 0.3) is 0 Å². The standard InChI is InChI=1S/C13H23N3O/c1-4-11-7-16(6-5-12(11)14)8-13-15-9(2)10(3)17-13/h11-12H,4-8,14H2,1-3H3. The van der Waals surface area contributed by atoms with Crippen LogP contribution in [0.3, 0.4) is 0 Å². The predicted octanol–water partition coefficient (Wildman–Crippen LogP) is 1.85. The van der Waals surface area contributed by atoms with Gasteiger partial charge in [-0.3, -0.25) is 4.90 Å². The first-order valence-corrected chi connectivity index (χ1v) is 6.51. The van der Waals surface area contributed by atoms with Crippen LogP contribution < -0.4 is 5.73 Å². The van der Waals surface area contributed by atoms with Crippen molar-refractivity contribution in [2.24, 2.45) is 11.7 Å². The molecule has 17 heavy (non-hydrogen) atoms. The summed E-state index contributed by atoms with van der Waals surface area (Å²) < 4.78 is 5.63. The fourth-order valence-corrected chi connectivity index (χ4v) is 2.50. The molecule has 0 aliphatic carbocycles. The summed E-state index contributed by atoms with van der Waals surface area (Å²) >= 11 is 0. The van der Waals surface area contributed by atoms with Gasteiger partial charge >= 0.3 is 0 Å². The summed E-state index contributed by atoms with van der Waals surface area (Å²) in [5.41, 5.74) is 7.11. The molecule has 0 saturated carbocycles. The van der Waals surface area contributed by atoms with Gasteiger partial charge in [-0.05, 0) is 26.2 Å². The van der Waals surface area contributed by atoms with E-state index in [0.29, 0.717) is 12.0 Å². The molecule has 0 bridgehead atoms. The molecule has 1 aliphatic heterocycles. The van der Waals surface area contributed by atoms with Crippen molar-refractivity contribution in [3.8, 4) is 0 Å². The molecule has 0 amide bonds. The highest BCUT2D eigenvalue weighted by atomic mass is 16.4. The number of piperidine rings is 1. The number of hydrogen-bond acceptors (Lipinski definition) is 4. The van der Waals surface area contributed by atoms with Gasteiger partial charge in [-0.2, -0.15) is 0 Å². The molecule has 1 aliphatic rings. The summed E-state index contributed by atoms with van der Waals surface area (Å²) in [7, 11) is 0. The largest absolute Gasteiger partial charge is 0.444 e. The van der Waals surface area contributed by atoms with Crippen LogP contribution in [-0.4, -0.2) is 29.0 Å². The average Bonchev–Trinajstić information content (AvgIpc) is 2.61. The zero-order valence-electron chi connectivity index (χ0n) is 11.1. The third-order valence-corrected chi connectivity index (χ3v) is 3.83. The average molecular weight is 237 g/mol. The Labute approximate surface area is 103 Å². The molecule has 1 aromatic rings. The predicted molar refractivity (Wildman–Crippen MR) is 67.6 cm³/mol. The molecule has 1 saturated heterocycles. The molecule has 2 heterocycles. The van der Waals surface area contributed by atoms with Crippen molar-refractivity contribution in [2.75, 3.05) is 13.1 Å². The van der Waals surface area contributed by atoms with Crippen molar-refractivity contribution in [1.29, 1.82) is 0 Å². The SMILES string of the molecule is CCC1CN(Cc2nc(C)c(C)o2)CCC1N. The molecule has 2 N–H and O–H groups in total. The lowest BCUT2D eigenvalue weighted by molar-refractivity contribution is 0.134. The Hall–Kier alpha value is -0.870. The number of hydrogen-bond donors (Lipinski definition) is 1. The number of rotatable bonds is 3. The monoisotopic (exact) mass is 237 g/mol. The molecule has 0 radical (unpaired) electrons. The van der Waals surface area contributed by atoms with Gasteiger partial charge in [-0.15, -0.1) is 0 Å². The van der Waals surface area contributed by atoms with Gasteiger partial charge in [0.15, 0.2) is 0 Å². The smallest absolute Gasteiger partial charge is 0.208 e. The summed E-state index contributed by atoms with van der Waals surface area (Å²) in [6.45, 7) is 9.11. The highest BCUT2D eigenvalue weighted by Crippen LogP contribution is 2.20. The Balaban J connectivity index is 1.95. The van der Waals surface area contributed by atoms with Gasteiger partial charge in [-0.1, -0.05) is 13.3 Å². The normalized spacial score (nSPS) is 26.4. The lowest BCUT2D eigenvalue weighted by Crippen LogP contribution is -2.46. The van der Waals surface area contributed by atoms with Crippen LogP contribution in [0.4, 0.5) is 0 Å². The maximum Gasteiger partial charge on any atom is 0.208 e. The Bertz CT molecular complexity index is 355. The molecule has 96 valence electrons. The molecule has 4 heteroatoms. The quantitative estimate of drug-likeness (QED) is 0.871. The number of aromatic nitrogens is 1. The minimum atomic E-state index is 0.365. The van der Waals surface area contributed by atoms with E-state index in [1.807, 2.05) is 13.8 Å². The molecule has 2 rings (SSSR count). The zero-order valence-corrected chi connectivity index (χ0v) is 11.1. The molecule has 2 atom stereocenters. The van der Waals surface area contributed by atoms with Gasteiger partial charge in [-0.25, -0.2) is 4.98 Å². The van der Waals surface area contributed by atoms with Crippen molar-refractivity contribution in [1.82, 2.24) is 9.88 Å². The topological polar surface area (TPSA) is 55.3 Å². The summed E-state index contributed by atoms with van der Waals surface area (Å²) in [5.74, 6) is 2.38. The summed E-state index contributed by atoms with van der Waals surface area (Å²) in [6, 6.07) is 0.365. The van der Waals surface area contributed by atoms with E-state index in [2.05, 4.69) is 16.8 Å². The van der Waals surface area contributed by atoms with Crippen molar-refractivity contribution in [3.05, 3.63) is 17.3 Å². The molecular formula is C13H23N3O. The van der Waals surface area contributed by atoms with Crippen molar-refractivity contribution >= 4 is 0 Å². The fourth-order valence-electron chi connectivity index (χ4n) is 2.50. The third-order valence-electron chi connectivity index (χ3n) is 3.83. The van der Waals surface area contributed by atoms with E-state index < -0.39 is 0 Å². The van der Waals surface area contributed by atoms with Gasteiger partial charge in [0.1, 0.15) is 5.76 Å². The second kappa shape index (κ2) is 5.19. The van der Waals surface area contributed by atoms with Gasteiger partial charge in [0.2, 0.25) is 5.89 Å². The maximum atomic E-state index is 6.11. The van der Waals surface area contributed by atoms with Crippen molar-refractivity contribution < 1.29 is 4.42 Å².